The minimum absolute atomic E-state index is 0.0866. The van der Waals surface area contributed by atoms with Crippen LogP contribution in [0.4, 0.5) is 9.18 Å². The Balaban J connectivity index is 1.65. The molecular weight excluding hydrogens is 383 g/mol. The van der Waals surface area contributed by atoms with Crippen LogP contribution in [0.1, 0.15) is 36.4 Å². The van der Waals surface area contributed by atoms with Gasteiger partial charge in [0, 0.05) is 29.1 Å². The van der Waals surface area contributed by atoms with Crippen LogP contribution in [-0.2, 0) is 24.1 Å². The summed E-state index contributed by atoms with van der Waals surface area (Å²) >= 11 is 0. The molecule has 0 spiro atoms. The van der Waals surface area contributed by atoms with Crippen LogP contribution in [0.15, 0.2) is 36.4 Å². The minimum atomic E-state index is -0.514. The van der Waals surface area contributed by atoms with E-state index < -0.39 is 12.0 Å². The van der Waals surface area contributed by atoms with Crippen molar-refractivity contribution in [2.75, 3.05) is 6.61 Å². The van der Waals surface area contributed by atoms with Crippen LogP contribution in [-0.4, -0.2) is 28.3 Å². The fourth-order valence-corrected chi connectivity index (χ4v) is 3.99. The lowest BCUT2D eigenvalue weighted by atomic mass is 10.1. The number of alkyl carbamates (subject to hydrolysis) is 1. The van der Waals surface area contributed by atoms with Gasteiger partial charge >= 0.3 is 6.09 Å². The molecule has 1 aromatic carbocycles. The number of nitriles is 1. The van der Waals surface area contributed by atoms with Crippen LogP contribution in [0.5, 0.6) is 0 Å². The Labute approximate surface area is 174 Å². The first kappa shape index (κ1) is 19.9. The number of hydrogen-bond donors (Lipinski definition) is 1. The Morgan fingerprint density at radius 2 is 2.20 bits per heavy atom. The standard InChI is InChI=1S/C23H23FN4O2/c1-14(2)13-30-23(29)27-17-9-19-18-8-15(11-25)6-7-20(18)28(21(19)10-17)12-16-4-3-5-22(24)26-16/h3-8,14,17H,9-10,12-13H2,1-2H3,(H,27,29)/t17-/m1/s1. The molecule has 0 aliphatic heterocycles. The first-order chi connectivity index (χ1) is 14.4. The first-order valence-electron chi connectivity index (χ1n) is 10.0. The molecule has 2 aromatic heterocycles. The minimum Gasteiger partial charge on any atom is -0.449 e. The van der Waals surface area contributed by atoms with E-state index in [2.05, 4.69) is 20.9 Å². The van der Waals surface area contributed by atoms with Crippen molar-refractivity contribution < 1.29 is 13.9 Å². The highest BCUT2D eigenvalue weighted by Gasteiger charge is 2.30. The maximum atomic E-state index is 13.6. The maximum Gasteiger partial charge on any atom is 0.407 e. The SMILES string of the molecule is CC(C)COC(=O)N[C@@H]1Cc2c(n(Cc3cccc(F)n3)c3ccc(C#N)cc23)C1. The number of nitrogens with zero attached hydrogens (tertiary/aromatic N) is 3. The number of carbonyl (C=O) groups excluding carboxylic acids is 1. The van der Waals surface area contributed by atoms with Gasteiger partial charge in [0.1, 0.15) is 0 Å². The van der Waals surface area contributed by atoms with Crippen molar-refractivity contribution in [1.29, 1.82) is 5.26 Å². The predicted octanol–water partition coefficient (Wildman–Crippen LogP) is 3.94. The highest BCUT2D eigenvalue weighted by atomic mass is 19.1. The smallest absolute Gasteiger partial charge is 0.407 e. The Kier molecular flexibility index (Phi) is 5.40. The molecule has 154 valence electrons. The average molecular weight is 406 g/mol. The first-order valence-corrected chi connectivity index (χ1v) is 10.0. The molecule has 1 atom stereocenters. The quantitative estimate of drug-likeness (QED) is 0.651. The lowest BCUT2D eigenvalue weighted by Gasteiger charge is -2.15. The third kappa shape index (κ3) is 3.99. The fraction of sp³-hybridized carbons (Fsp3) is 0.348. The second-order valence-corrected chi connectivity index (χ2v) is 8.05. The molecule has 0 fully saturated rings. The van der Waals surface area contributed by atoms with E-state index in [1.54, 1.807) is 18.2 Å². The van der Waals surface area contributed by atoms with Crippen molar-refractivity contribution in [3.8, 4) is 6.07 Å². The lowest BCUT2D eigenvalue weighted by Crippen LogP contribution is -2.36. The number of halogens is 1. The Bertz CT molecular complexity index is 1150. The molecule has 0 saturated heterocycles. The van der Waals surface area contributed by atoms with Crippen molar-refractivity contribution in [3.63, 3.8) is 0 Å². The van der Waals surface area contributed by atoms with E-state index in [1.165, 1.54) is 6.07 Å². The molecule has 0 bridgehead atoms. The number of hydrogen-bond acceptors (Lipinski definition) is 4. The summed E-state index contributed by atoms with van der Waals surface area (Å²) in [5.74, 6) is -0.243. The number of benzene rings is 1. The zero-order valence-corrected chi connectivity index (χ0v) is 17.0. The molecule has 1 aliphatic carbocycles. The molecular formula is C23H23FN4O2. The van der Waals surface area contributed by atoms with E-state index in [0.29, 0.717) is 37.3 Å². The van der Waals surface area contributed by atoms with Gasteiger partial charge in [-0.15, -0.1) is 0 Å². The van der Waals surface area contributed by atoms with E-state index in [1.807, 2.05) is 26.0 Å². The normalized spacial score (nSPS) is 15.2. The fourth-order valence-electron chi connectivity index (χ4n) is 3.99. The molecule has 3 aromatic rings. The highest BCUT2D eigenvalue weighted by Crippen LogP contribution is 2.34. The van der Waals surface area contributed by atoms with Crippen molar-refractivity contribution in [3.05, 3.63) is 64.9 Å². The van der Waals surface area contributed by atoms with Crippen LogP contribution in [0, 0.1) is 23.2 Å². The second-order valence-electron chi connectivity index (χ2n) is 8.05. The molecule has 30 heavy (non-hydrogen) atoms. The van der Waals surface area contributed by atoms with Crippen LogP contribution < -0.4 is 5.32 Å². The maximum absolute atomic E-state index is 13.6. The van der Waals surface area contributed by atoms with Gasteiger partial charge < -0.3 is 14.6 Å². The summed E-state index contributed by atoms with van der Waals surface area (Å²) in [6.45, 7) is 4.76. The Morgan fingerprint density at radius 3 is 2.93 bits per heavy atom. The molecule has 0 saturated carbocycles. The summed E-state index contributed by atoms with van der Waals surface area (Å²) in [6, 6.07) is 12.4. The van der Waals surface area contributed by atoms with Crippen molar-refractivity contribution >= 4 is 17.0 Å². The van der Waals surface area contributed by atoms with Gasteiger partial charge in [-0.1, -0.05) is 19.9 Å². The van der Waals surface area contributed by atoms with E-state index >= 15 is 0 Å². The summed E-state index contributed by atoms with van der Waals surface area (Å²) in [6.07, 6.45) is 0.873. The molecule has 0 radical (unpaired) electrons. The van der Waals surface area contributed by atoms with Crippen molar-refractivity contribution in [2.24, 2.45) is 5.92 Å². The molecule has 0 unspecified atom stereocenters. The van der Waals surface area contributed by atoms with Crippen LogP contribution in [0.25, 0.3) is 10.9 Å². The number of aromatic nitrogens is 2. The number of ether oxygens (including phenoxy) is 1. The van der Waals surface area contributed by atoms with E-state index in [-0.39, 0.29) is 12.0 Å². The molecule has 2 heterocycles. The number of rotatable bonds is 5. The molecule has 1 amide bonds. The van der Waals surface area contributed by atoms with Crippen LogP contribution in [0.2, 0.25) is 0 Å². The number of amides is 1. The molecule has 1 aliphatic rings. The summed E-state index contributed by atoms with van der Waals surface area (Å²) in [4.78, 5) is 16.1. The molecule has 4 rings (SSSR count). The van der Waals surface area contributed by atoms with Gasteiger partial charge in [0.25, 0.3) is 0 Å². The third-order valence-corrected chi connectivity index (χ3v) is 5.27. The van der Waals surface area contributed by atoms with Crippen LogP contribution in [0.3, 0.4) is 0 Å². The highest BCUT2D eigenvalue weighted by molar-refractivity contribution is 5.88. The second kappa shape index (κ2) is 8.15. The monoisotopic (exact) mass is 406 g/mol. The number of carbonyl (C=O) groups is 1. The van der Waals surface area contributed by atoms with Gasteiger partial charge in [-0.2, -0.15) is 9.65 Å². The van der Waals surface area contributed by atoms with Crippen molar-refractivity contribution in [2.45, 2.75) is 39.3 Å². The topological polar surface area (TPSA) is 79.9 Å². The van der Waals surface area contributed by atoms with Crippen molar-refractivity contribution in [1.82, 2.24) is 14.9 Å². The average Bonchev–Trinajstić information content (AvgIpc) is 3.24. The predicted molar refractivity (Wildman–Crippen MR) is 110 cm³/mol. The van der Waals surface area contributed by atoms with E-state index in [4.69, 9.17) is 4.74 Å². The van der Waals surface area contributed by atoms with E-state index in [0.717, 1.165) is 22.2 Å². The van der Waals surface area contributed by atoms with Gasteiger partial charge in [-0.05, 0) is 48.2 Å². The van der Waals surface area contributed by atoms with Gasteiger partial charge in [0.05, 0.1) is 30.5 Å². The largest absolute Gasteiger partial charge is 0.449 e. The zero-order chi connectivity index (χ0) is 21.3. The Hall–Kier alpha value is -3.40. The lowest BCUT2D eigenvalue weighted by molar-refractivity contribution is 0.129. The van der Waals surface area contributed by atoms with Gasteiger partial charge in [0.2, 0.25) is 5.95 Å². The number of fused-ring (bicyclic) bond motifs is 3. The summed E-state index contributed by atoms with van der Waals surface area (Å²) in [7, 11) is 0. The number of pyridine rings is 1. The zero-order valence-electron chi connectivity index (χ0n) is 17.0. The Morgan fingerprint density at radius 1 is 1.37 bits per heavy atom. The van der Waals surface area contributed by atoms with Gasteiger partial charge in [-0.25, -0.2) is 9.78 Å². The summed E-state index contributed by atoms with van der Waals surface area (Å²) < 4.78 is 21.0. The number of nitrogens with one attached hydrogen (secondary N) is 1. The van der Waals surface area contributed by atoms with E-state index in [9.17, 15) is 14.4 Å². The summed E-state index contributed by atoms with van der Waals surface area (Å²) in [5, 5.41) is 13.2. The molecule has 7 heteroatoms. The summed E-state index contributed by atoms with van der Waals surface area (Å²) in [5.41, 5.74) is 4.35. The molecule has 1 N–H and O–H groups in total. The van der Waals surface area contributed by atoms with Gasteiger partial charge in [0.15, 0.2) is 0 Å². The molecule has 6 nitrogen and oxygen atoms in total. The third-order valence-electron chi connectivity index (χ3n) is 5.27. The van der Waals surface area contributed by atoms with Crippen LogP contribution >= 0.6 is 0 Å². The van der Waals surface area contributed by atoms with Gasteiger partial charge in [-0.3, -0.25) is 0 Å².